The van der Waals surface area contributed by atoms with Crippen molar-refractivity contribution in [2.24, 2.45) is 5.41 Å². The summed E-state index contributed by atoms with van der Waals surface area (Å²) < 4.78 is 5.38. The first-order valence-corrected chi connectivity index (χ1v) is 4.16. The molecule has 0 bridgehead atoms. The van der Waals surface area contributed by atoms with Crippen molar-refractivity contribution in [1.29, 1.82) is 0 Å². The van der Waals surface area contributed by atoms with E-state index in [0.29, 0.717) is 11.5 Å². The van der Waals surface area contributed by atoms with Crippen molar-refractivity contribution in [1.82, 2.24) is 5.32 Å². The molecule has 0 aromatic carbocycles. The number of nitrogens with one attached hydrogen (secondary N) is 1. The van der Waals surface area contributed by atoms with Crippen LogP contribution in [0.15, 0.2) is 0 Å². The van der Waals surface area contributed by atoms with Crippen LogP contribution in [0, 0.1) is 5.41 Å². The molecule has 0 saturated carbocycles. The van der Waals surface area contributed by atoms with Crippen molar-refractivity contribution in [2.75, 3.05) is 19.7 Å². The van der Waals surface area contributed by atoms with Crippen LogP contribution in [0.1, 0.15) is 19.8 Å². The molecule has 0 aromatic heterocycles. The van der Waals surface area contributed by atoms with Gasteiger partial charge in [-0.15, -0.1) is 0 Å². The van der Waals surface area contributed by atoms with Gasteiger partial charge in [0.2, 0.25) is 0 Å². The van der Waals surface area contributed by atoms with Gasteiger partial charge in [-0.3, -0.25) is 0 Å². The van der Waals surface area contributed by atoms with Crippen molar-refractivity contribution in [3.05, 3.63) is 0 Å². The van der Waals surface area contributed by atoms with Gasteiger partial charge < -0.3 is 10.1 Å². The fourth-order valence-corrected chi connectivity index (χ4v) is 1.95. The van der Waals surface area contributed by atoms with Gasteiger partial charge in [0.25, 0.3) is 0 Å². The average molecular weight is 141 g/mol. The molecule has 2 fully saturated rings. The second-order valence-corrected chi connectivity index (χ2v) is 3.60. The van der Waals surface area contributed by atoms with Crippen LogP contribution in [-0.4, -0.2) is 25.8 Å². The van der Waals surface area contributed by atoms with Crippen LogP contribution >= 0.6 is 0 Å². The van der Waals surface area contributed by atoms with E-state index in [9.17, 15) is 0 Å². The van der Waals surface area contributed by atoms with Crippen LogP contribution in [0.2, 0.25) is 0 Å². The summed E-state index contributed by atoms with van der Waals surface area (Å²) in [4.78, 5) is 0. The molecule has 0 radical (unpaired) electrons. The molecule has 0 aliphatic carbocycles. The highest BCUT2D eigenvalue weighted by Gasteiger charge is 2.45. The summed E-state index contributed by atoms with van der Waals surface area (Å²) in [5.74, 6) is 0. The van der Waals surface area contributed by atoms with E-state index >= 15 is 0 Å². The summed E-state index contributed by atoms with van der Waals surface area (Å²) in [6.07, 6.45) is 3.19. The number of rotatable bonds is 0. The number of piperidine rings is 1. The second-order valence-electron chi connectivity index (χ2n) is 3.60. The van der Waals surface area contributed by atoms with Crippen LogP contribution < -0.4 is 5.32 Å². The monoisotopic (exact) mass is 141 g/mol. The molecular weight excluding hydrogens is 126 g/mol. The van der Waals surface area contributed by atoms with E-state index in [1.54, 1.807) is 0 Å². The first kappa shape index (κ1) is 6.62. The Labute approximate surface area is 61.9 Å². The highest BCUT2D eigenvalue weighted by Crippen LogP contribution is 2.39. The van der Waals surface area contributed by atoms with Crippen LogP contribution in [0.4, 0.5) is 0 Å². The molecule has 2 nitrogen and oxygen atoms in total. The molecule has 0 amide bonds. The Morgan fingerprint density at radius 2 is 2.50 bits per heavy atom. The second kappa shape index (κ2) is 2.21. The Balaban J connectivity index is 1.99. The third-order valence-corrected chi connectivity index (χ3v) is 2.99. The molecule has 2 atom stereocenters. The van der Waals surface area contributed by atoms with E-state index in [1.807, 2.05) is 0 Å². The van der Waals surface area contributed by atoms with Crippen molar-refractivity contribution in [3.8, 4) is 0 Å². The standard InChI is InChI=1S/C8H15NO/c1-7-8(6-10-7)3-2-4-9-5-8/h7,9H,2-6H2,1H3. The maximum Gasteiger partial charge on any atom is 0.0637 e. The normalized spacial score (nSPS) is 47.1. The summed E-state index contributed by atoms with van der Waals surface area (Å²) in [7, 11) is 0. The molecule has 58 valence electrons. The SMILES string of the molecule is CC1OCC12CCCNC2. The third-order valence-electron chi connectivity index (χ3n) is 2.99. The third kappa shape index (κ3) is 0.789. The van der Waals surface area contributed by atoms with Gasteiger partial charge in [-0.1, -0.05) is 0 Å². The van der Waals surface area contributed by atoms with Gasteiger partial charge >= 0.3 is 0 Å². The molecule has 2 heterocycles. The Morgan fingerprint density at radius 3 is 2.80 bits per heavy atom. The summed E-state index contributed by atoms with van der Waals surface area (Å²) in [5.41, 5.74) is 0.526. The Morgan fingerprint density at radius 1 is 1.60 bits per heavy atom. The highest BCUT2D eigenvalue weighted by atomic mass is 16.5. The van der Waals surface area contributed by atoms with Crippen molar-refractivity contribution >= 4 is 0 Å². The predicted octanol–water partition coefficient (Wildman–Crippen LogP) is 0.775. The fraction of sp³-hybridized carbons (Fsp3) is 1.00. The van der Waals surface area contributed by atoms with Crippen LogP contribution in [0.3, 0.4) is 0 Å². The lowest BCUT2D eigenvalue weighted by atomic mass is 9.73. The lowest BCUT2D eigenvalue weighted by Gasteiger charge is -2.50. The quantitative estimate of drug-likeness (QED) is 0.538. The van der Waals surface area contributed by atoms with Crippen LogP contribution in [-0.2, 0) is 4.74 Å². The number of ether oxygens (including phenoxy) is 1. The smallest absolute Gasteiger partial charge is 0.0637 e. The molecule has 2 rings (SSSR count). The van der Waals surface area contributed by atoms with Gasteiger partial charge in [-0.2, -0.15) is 0 Å². The molecule has 2 unspecified atom stereocenters. The van der Waals surface area contributed by atoms with Gasteiger partial charge in [0.05, 0.1) is 12.7 Å². The molecule has 2 heteroatoms. The minimum atomic E-state index is 0.500. The molecule has 1 N–H and O–H groups in total. The minimum absolute atomic E-state index is 0.500. The molecular formula is C8H15NO. The zero-order valence-corrected chi connectivity index (χ0v) is 6.52. The minimum Gasteiger partial charge on any atom is -0.377 e. The van der Waals surface area contributed by atoms with Gasteiger partial charge in [0.15, 0.2) is 0 Å². The largest absolute Gasteiger partial charge is 0.377 e. The summed E-state index contributed by atoms with van der Waals surface area (Å²) in [5, 5.41) is 3.43. The Hall–Kier alpha value is -0.0800. The van der Waals surface area contributed by atoms with E-state index in [2.05, 4.69) is 12.2 Å². The Bertz CT molecular complexity index is 129. The van der Waals surface area contributed by atoms with E-state index in [-0.39, 0.29) is 0 Å². The van der Waals surface area contributed by atoms with Crippen LogP contribution in [0.5, 0.6) is 0 Å². The van der Waals surface area contributed by atoms with Crippen molar-refractivity contribution < 1.29 is 4.74 Å². The van der Waals surface area contributed by atoms with Gasteiger partial charge in [-0.05, 0) is 26.3 Å². The Kier molecular flexibility index (Phi) is 1.46. The summed E-state index contributed by atoms with van der Waals surface area (Å²) >= 11 is 0. The summed E-state index contributed by atoms with van der Waals surface area (Å²) in [6, 6.07) is 0. The molecule has 2 aliphatic rings. The van der Waals surface area contributed by atoms with Gasteiger partial charge in [-0.25, -0.2) is 0 Å². The van der Waals surface area contributed by atoms with E-state index in [1.165, 1.54) is 25.9 Å². The molecule has 10 heavy (non-hydrogen) atoms. The van der Waals surface area contributed by atoms with E-state index in [0.717, 1.165) is 6.61 Å². The number of hydrogen-bond donors (Lipinski definition) is 1. The van der Waals surface area contributed by atoms with Gasteiger partial charge in [0.1, 0.15) is 0 Å². The van der Waals surface area contributed by atoms with E-state index in [4.69, 9.17) is 4.74 Å². The van der Waals surface area contributed by atoms with Gasteiger partial charge in [0, 0.05) is 12.0 Å². The summed E-state index contributed by atoms with van der Waals surface area (Å²) in [6.45, 7) is 5.56. The zero-order valence-electron chi connectivity index (χ0n) is 6.52. The van der Waals surface area contributed by atoms with E-state index < -0.39 is 0 Å². The zero-order chi connectivity index (χ0) is 7.03. The molecule has 0 aromatic rings. The fourth-order valence-electron chi connectivity index (χ4n) is 1.95. The lowest BCUT2D eigenvalue weighted by Crippen LogP contribution is -2.58. The van der Waals surface area contributed by atoms with Crippen molar-refractivity contribution in [3.63, 3.8) is 0 Å². The molecule has 1 spiro atoms. The van der Waals surface area contributed by atoms with Crippen LogP contribution in [0.25, 0.3) is 0 Å². The highest BCUT2D eigenvalue weighted by molar-refractivity contribution is 4.96. The maximum atomic E-state index is 5.38. The first-order valence-electron chi connectivity index (χ1n) is 4.16. The lowest BCUT2D eigenvalue weighted by molar-refractivity contribution is -0.184. The average Bonchev–Trinajstić information content (AvgIpc) is 2.04. The molecule has 2 aliphatic heterocycles. The topological polar surface area (TPSA) is 21.3 Å². The first-order chi connectivity index (χ1) is 4.83. The van der Waals surface area contributed by atoms with Crippen molar-refractivity contribution in [2.45, 2.75) is 25.9 Å². The molecule has 2 saturated heterocycles. The maximum absolute atomic E-state index is 5.38. The predicted molar refractivity (Wildman–Crippen MR) is 40.0 cm³/mol. The number of hydrogen-bond acceptors (Lipinski definition) is 2.